The van der Waals surface area contributed by atoms with Gasteiger partial charge in [0.2, 0.25) is 0 Å². The topological polar surface area (TPSA) is 98.3 Å². The molecule has 7 heteroatoms. The highest BCUT2D eigenvalue weighted by atomic mass is 16.4. The Labute approximate surface area is 127 Å². The van der Waals surface area contributed by atoms with Crippen molar-refractivity contribution in [1.29, 1.82) is 0 Å². The van der Waals surface area contributed by atoms with Crippen LogP contribution >= 0.6 is 0 Å². The number of piperidine rings is 1. The lowest BCUT2D eigenvalue weighted by Gasteiger charge is -2.29. The third kappa shape index (κ3) is 3.03. The van der Waals surface area contributed by atoms with Gasteiger partial charge in [-0.05, 0) is 37.0 Å². The predicted molar refractivity (Wildman–Crippen MR) is 80.7 cm³/mol. The number of likely N-dealkylation sites (tertiary alicyclic amines) is 1. The monoisotopic (exact) mass is 302 g/mol. The summed E-state index contributed by atoms with van der Waals surface area (Å²) in [5.41, 5.74) is 2.26. The number of benzene rings is 1. The number of hydrogen-bond donors (Lipinski definition) is 3. The van der Waals surface area contributed by atoms with E-state index in [-0.39, 0.29) is 5.91 Å². The standard InChI is InChI=1S/C15H18N4O3/c20-14(11-1-2-12-13(7-11)18-9-17-12)16-8-10-3-5-19(6-4-10)15(21)22/h1-2,7,9-10H,3-6,8H2,(H,16,20)(H,17,18)(H,21,22). The van der Waals surface area contributed by atoms with Crippen molar-refractivity contribution >= 4 is 23.0 Å². The number of carboxylic acid groups (broad SMARTS) is 1. The summed E-state index contributed by atoms with van der Waals surface area (Å²) in [6, 6.07) is 5.35. The number of carbonyl (C=O) groups excluding carboxylic acids is 1. The van der Waals surface area contributed by atoms with Crippen LogP contribution in [0.15, 0.2) is 24.5 Å². The van der Waals surface area contributed by atoms with Gasteiger partial charge in [0.1, 0.15) is 0 Å². The molecule has 0 atom stereocenters. The van der Waals surface area contributed by atoms with Crippen LogP contribution in [0, 0.1) is 5.92 Å². The first-order chi connectivity index (χ1) is 10.6. The Morgan fingerprint density at radius 2 is 2.14 bits per heavy atom. The second-order valence-electron chi connectivity index (χ2n) is 5.56. The molecule has 0 bridgehead atoms. The van der Waals surface area contributed by atoms with Gasteiger partial charge in [0.05, 0.1) is 17.4 Å². The van der Waals surface area contributed by atoms with Gasteiger partial charge in [0.25, 0.3) is 5.91 Å². The number of amides is 2. The molecular formula is C15H18N4O3. The molecule has 0 aliphatic carbocycles. The third-order valence-corrected chi connectivity index (χ3v) is 4.12. The number of aromatic nitrogens is 2. The molecule has 22 heavy (non-hydrogen) atoms. The predicted octanol–water partition coefficient (Wildman–Crippen LogP) is 1.68. The number of rotatable bonds is 3. The number of H-pyrrole nitrogens is 1. The van der Waals surface area contributed by atoms with Crippen molar-refractivity contribution in [2.45, 2.75) is 12.8 Å². The molecule has 0 unspecified atom stereocenters. The molecule has 2 aromatic rings. The van der Waals surface area contributed by atoms with Crippen LogP contribution in [-0.4, -0.2) is 51.6 Å². The first kappa shape index (κ1) is 14.4. The first-order valence-corrected chi connectivity index (χ1v) is 7.32. The Hall–Kier alpha value is -2.57. The maximum Gasteiger partial charge on any atom is 0.407 e. The molecule has 3 rings (SSSR count). The summed E-state index contributed by atoms with van der Waals surface area (Å²) in [6.45, 7) is 1.65. The zero-order chi connectivity index (χ0) is 15.5. The molecule has 0 spiro atoms. The number of fused-ring (bicyclic) bond motifs is 1. The number of aromatic amines is 1. The molecule has 2 amide bonds. The minimum Gasteiger partial charge on any atom is -0.465 e. The Morgan fingerprint density at radius 1 is 1.36 bits per heavy atom. The molecule has 1 aromatic carbocycles. The number of nitrogens with one attached hydrogen (secondary N) is 2. The van der Waals surface area contributed by atoms with Gasteiger partial charge in [-0.15, -0.1) is 0 Å². The molecule has 116 valence electrons. The van der Waals surface area contributed by atoms with Crippen LogP contribution in [0.1, 0.15) is 23.2 Å². The molecule has 1 saturated heterocycles. The van der Waals surface area contributed by atoms with Crippen LogP contribution < -0.4 is 5.32 Å². The Kier molecular flexibility index (Phi) is 3.95. The molecule has 0 radical (unpaired) electrons. The molecule has 2 heterocycles. The Balaban J connectivity index is 1.53. The van der Waals surface area contributed by atoms with Crippen LogP contribution in [0.3, 0.4) is 0 Å². The van der Waals surface area contributed by atoms with Crippen molar-refractivity contribution in [1.82, 2.24) is 20.2 Å². The van der Waals surface area contributed by atoms with Crippen molar-refractivity contribution in [3.05, 3.63) is 30.1 Å². The fourth-order valence-corrected chi connectivity index (χ4v) is 2.74. The Bertz CT molecular complexity index is 689. The van der Waals surface area contributed by atoms with E-state index in [1.54, 1.807) is 18.5 Å². The largest absolute Gasteiger partial charge is 0.465 e. The maximum absolute atomic E-state index is 12.2. The molecule has 3 N–H and O–H groups in total. The molecule has 1 fully saturated rings. The number of hydrogen-bond acceptors (Lipinski definition) is 3. The van der Waals surface area contributed by atoms with Crippen molar-refractivity contribution in [2.75, 3.05) is 19.6 Å². The van der Waals surface area contributed by atoms with Gasteiger partial charge in [-0.2, -0.15) is 0 Å². The van der Waals surface area contributed by atoms with E-state index in [1.807, 2.05) is 6.07 Å². The normalized spacial score (nSPS) is 15.9. The fraction of sp³-hybridized carbons (Fsp3) is 0.400. The lowest BCUT2D eigenvalue weighted by molar-refractivity contribution is 0.0929. The summed E-state index contributed by atoms with van der Waals surface area (Å²) in [5.74, 6) is 0.215. The SMILES string of the molecule is O=C(NCC1CCN(C(=O)O)CC1)c1ccc2nc[nH]c2c1. The van der Waals surface area contributed by atoms with Crippen LogP contribution in [0.4, 0.5) is 4.79 Å². The average molecular weight is 302 g/mol. The van der Waals surface area contributed by atoms with Gasteiger partial charge in [0.15, 0.2) is 0 Å². The quantitative estimate of drug-likeness (QED) is 0.803. The second kappa shape index (κ2) is 6.05. The van der Waals surface area contributed by atoms with Crippen LogP contribution in [-0.2, 0) is 0 Å². The van der Waals surface area contributed by atoms with Crippen LogP contribution in [0.25, 0.3) is 11.0 Å². The number of carbonyl (C=O) groups is 2. The maximum atomic E-state index is 12.2. The van der Waals surface area contributed by atoms with Crippen molar-refractivity contribution in [3.8, 4) is 0 Å². The van der Waals surface area contributed by atoms with Crippen molar-refractivity contribution < 1.29 is 14.7 Å². The van der Waals surface area contributed by atoms with Gasteiger partial charge < -0.3 is 20.3 Å². The highest BCUT2D eigenvalue weighted by Crippen LogP contribution is 2.17. The van der Waals surface area contributed by atoms with Gasteiger partial charge in [-0.25, -0.2) is 9.78 Å². The van der Waals surface area contributed by atoms with E-state index in [2.05, 4.69) is 15.3 Å². The highest BCUT2D eigenvalue weighted by Gasteiger charge is 2.22. The summed E-state index contributed by atoms with van der Waals surface area (Å²) in [4.78, 5) is 31.5. The van der Waals surface area contributed by atoms with Crippen molar-refractivity contribution in [2.24, 2.45) is 5.92 Å². The van der Waals surface area contributed by atoms with E-state index in [4.69, 9.17) is 5.11 Å². The fourth-order valence-electron chi connectivity index (χ4n) is 2.74. The summed E-state index contributed by atoms with van der Waals surface area (Å²) in [6.07, 6.45) is 2.30. The zero-order valence-corrected chi connectivity index (χ0v) is 12.1. The average Bonchev–Trinajstić information content (AvgIpc) is 3.00. The van der Waals surface area contributed by atoms with Crippen LogP contribution in [0.5, 0.6) is 0 Å². The number of nitrogens with zero attached hydrogens (tertiary/aromatic N) is 2. The molecule has 1 aliphatic heterocycles. The van der Waals surface area contributed by atoms with E-state index in [9.17, 15) is 9.59 Å². The minimum atomic E-state index is -0.865. The van der Waals surface area contributed by atoms with Gasteiger partial charge in [-0.3, -0.25) is 4.79 Å². The van der Waals surface area contributed by atoms with E-state index >= 15 is 0 Å². The third-order valence-electron chi connectivity index (χ3n) is 4.12. The molecule has 1 aliphatic rings. The molecular weight excluding hydrogens is 284 g/mol. The summed E-state index contributed by atoms with van der Waals surface area (Å²) < 4.78 is 0. The lowest BCUT2D eigenvalue weighted by atomic mass is 9.97. The minimum absolute atomic E-state index is 0.114. The number of imidazole rings is 1. The Morgan fingerprint density at radius 3 is 2.86 bits per heavy atom. The van der Waals surface area contributed by atoms with Gasteiger partial charge in [-0.1, -0.05) is 0 Å². The first-order valence-electron chi connectivity index (χ1n) is 7.32. The summed E-state index contributed by atoms with van der Waals surface area (Å²) >= 11 is 0. The summed E-state index contributed by atoms with van der Waals surface area (Å²) in [5, 5.41) is 11.8. The van der Waals surface area contributed by atoms with E-state index < -0.39 is 6.09 Å². The van der Waals surface area contributed by atoms with Gasteiger partial charge >= 0.3 is 6.09 Å². The van der Waals surface area contributed by atoms with Gasteiger partial charge in [0, 0.05) is 25.2 Å². The van der Waals surface area contributed by atoms with E-state index in [1.165, 1.54) is 4.90 Å². The highest BCUT2D eigenvalue weighted by molar-refractivity contribution is 5.97. The molecule has 7 nitrogen and oxygen atoms in total. The molecule has 1 aromatic heterocycles. The van der Waals surface area contributed by atoms with E-state index in [0.29, 0.717) is 31.1 Å². The lowest BCUT2D eigenvalue weighted by Crippen LogP contribution is -2.40. The smallest absolute Gasteiger partial charge is 0.407 e. The molecule has 0 saturated carbocycles. The van der Waals surface area contributed by atoms with E-state index in [0.717, 1.165) is 23.9 Å². The summed E-state index contributed by atoms with van der Waals surface area (Å²) in [7, 11) is 0. The van der Waals surface area contributed by atoms with Crippen molar-refractivity contribution in [3.63, 3.8) is 0 Å². The zero-order valence-electron chi connectivity index (χ0n) is 12.1. The second-order valence-corrected chi connectivity index (χ2v) is 5.56. The van der Waals surface area contributed by atoms with Crippen LogP contribution in [0.2, 0.25) is 0 Å².